The van der Waals surface area contributed by atoms with Gasteiger partial charge >= 0.3 is 0 Å². The summed E-state index contributed by atoms with van der Waals surface area (Å²) in [6, 6.07) is 4.58. The Morgan fingerprint density at radius 2 is 2.04 bits per heavy atom. The average Bonchev–Trinajstić information content (AvgIpc) is 2.63. The van der Waals surface area contributed by atoms with E-state index in [0.29, 0.717) is 17.4 Å². The smallest absolute Gasteiger partial charge is 0.166 e. The highest BCUT2D eigenvalue weighted by atomic mass is 15.2. The van der Waals surface area contributed by atoms with Crippen LogP contribution in [-0.4, -0.2) is 52.1 Å². The number of piperidine rings is 2. The molecule has 0 radical (unpaired) electrons. The third-order valence-electron chi connectivity index (χ3n) is 5.75. The van der Waals surface area contributed by atoms with Gasteiger partial charge in [0.25, 0.3) is 0 Å². The third kappa shape index (κ3) is 3.54. The largest absolute Gasteiger partial charge is 0.384 e. The summed E-state index contributed by atoms with van der Waals surface area (Å²) in [6.45, 7) is 6.99. The van der Waals surface area contributed by atoms with E-state index < -0.39 is 0 Å². The summed E-state index contributed by atoms with van der Waals surface area (Å²) >= 11 is 0. The first-order valence-electron chi connectivity index (χ1n) is 9.57. The Hall–Kier alpha value is -1.95. The van der Waals surface area contributed by atoms with Crippen LogP contribution in [0.25, 0.3) is 11.0 Å². The molecule has 134 valence electrons. The van der Waals surface area contributed by atoms with Crippen LogP contribution in [-0.2, 0) is 0 Å². The molecule has 2 fully saturated rings. The number of pyridine rings is 1. The van der Waals surface area contributed by atoms with Crippen LogP contribution in [0.4, 0.5) is 11.6 Å². The fourth-order valence-electron chi connectivity index (χ4n) is 4.36. The van der Waals surface area contributed by atoms with Gasteiger partial charge in [0.05, 0.1) is 5.39 Å². The Labute approximate surface area is 149 Å². The number of hydrogen-bond donors (Lipinski definition) is 1. The highest BCUT2D eigenvalue weighted by Crippen LogP contribution is 2.28. The fraction of sp³-hybridized carbons (Fsp3) is 0.632. The van der Waals surface area contributed by atoms with E-state index in [0.717, 1.165) is 30.3 Å². The van der Waals surface area contributed by atoms with E-state index in [1.54, 1.807) is 6.33 Å². The maximum Gasteiger partial charge on any atom is 0.166 e. The zero-order valence-corrected chi connectivity index (χ0v) is 15.1. The normalized spacial score (nSPS) is 25.4. The quantitative estimate of drug-likeness (QED) is 0.926. The second kappa shape index (κ2) is 7.12. The molecule has 0 spiro atoms. The van der Waals surface area contributed by atoms with Gasteiger partial charge in [-0.15, -0.1) is 0 Å². The molecule has 2 aromatic heterocycles. The number of anilines is 2. The molecule has 2 aliphatic rings. The van der Waals surface area contributed by atoms with Crippen molar-refractivity contribution in [1.29, 1.82) is 0 Å². The highest BCUT2D eigenvalue weighted by Gasteiger charge is 2.27. The molecule has 4 heterocycles. The zero-order valence-electron chi connectivity index (χ0n) is 15.1. The third-order valence-corrected chi connectivity index (χ3v) is 5.75. The molecule has 2 atom stereocenters. The standard InChI is InChI=1S/C19H28N6/c1-14-5-2-3-9-24(14)11-15-6-4-10-25(12-15)19-16-7-8-17(20)23-18(16)21-13-22-19/h7-8,13-15H,2-6,9-12H2,1H3,(H2,20,21,22,23)/t14-,15+/m0/s1. The minimum atomic E-state index is 0.507. The van der Waals surface area contributed by atoms with Crippen LogP contribution in [0.1, 0.15) is 39.0 Å². The number of nitrogen functional groups attached to an aromatic ring is 1. The van der Waals surface area contributed by atoms with Crippen LogP contribution in [0.15, 0.2) is 18.5 Å². The van der Waals surface area contributed by atoms with Crippen molar-refractivity contribution in [2.75, 3.05) is 36.8 Å². The van der Waals surface area contributed by atoms with Crippen molar-refractivity contribution in [1.82, 2.24) is 19.9 Å². The Morgan fingerprint density at radius 1 is 1.12 bits per heavy atom. The average molecular weight is 340 g/mol. The van der Waals surface area contributed by atoms with Crippen LogP contribution in [0.5, 0.6) is 0 Å². The number of nitrogens with zero attached hydrogens (tertiary/aromatic N) is 5. The van der Waals surface area contributed by atoms with E-state index in [1.807, 2.05) is 12.1 Å². The molecule has 25 heavy (non-hydrogen) atoms. The summed E-state index contributed by atoms with van der Waals surface area (Å²) in [4.78, 5) is 18.3. The number of likely N-dealkylation sites (tertiary alicyclic amines) is 1. The zero-order chi connectivity index (χ0) is 17.2. The fourth-order valence-corrected chi connectivity index (χ4v) is 4.36. The van der Waals surface area contributed by atoms with Gasteiger partial charge in [-0.25, -0.2) is 15.0 Å². The summed E-state index contributed by atoms with van der Waals surface area (Å²) in [5.41, 5.74) is 6.49. The van der Waals surface area contributed by atoms with Crippen LogP contribution in [0, 0.1) is 5.92 Å². The van der Waals surface area contributed by atoms with Crippen molar-refractivity contribution in [3.05, 3.63) is 18.5 Å². The molecule has 6 nitrogen and oxygen atoms in total. The number of aromatic nitrogens is 3. The second-order valence-electron chi connectivity index (χ2n) is 7.60. The van der Waals surface area contributed by atoms with Crippen LogP contribution >= 0.6 is 0 Å². The lowest BCUT2D eigenvalue weighted by molar-refractivity contribution is 0.130. The van der Waals surface area contributed by atoms with E-state index >= 15 is 0 Å². The van der Waals surface area contributed by atoms with Gasteiger partial charge in [0.1, 0.15) is 18.0 Å². The van der Waals surface area contributed by atoms with Gasteiger partial charge in [0.15, 0.2) is 5.65 Å². The van der Waals surface area contributed by atoms with Gasteiger partial charge in [0.2, 0.25) is 0 Å². The predicted molar refractivity (Wildman–Crippen MR) is 102 cm³/mol. The second-order valence-corrected chi connectivity index (χ2v) is 7.60. The molecule has 0 saturated carbocycles. The highest BCUT2D eigenvalue weighted by molar-refractivity contribution is 5.87. The Kier molecular flexibility index (Phi) is 4.70. The maximum atomic E-state index is 5.80. The first-order valence-corrected chi connectivity index (χ1v) is 9.57. The van der Waals surface area contributed by atoms with E-state index in [9.17, 15) is 0 Å². The minimum absolute atomic E-state index is 0.507. The molecule has 4 rings (SSSR count). The first-order chi connectivity index (χ1) is 12.2. The molecule has 0 unspecified atom stereocenters. The topological polar surface area (TPSA) is 71.2 Å². The molecular formula is C19H28N6. The summed E-state index contributed by atoms with van der Waals surface area (Å²) in [5.74, 6) is 2.22. The van der Waals surface area contributed by atoms with Gasteiger partial charge in [-0.3, -0.25) is 0 Å². The molecule has 0 bridgehead atoms. The Balaban J connectivity index is 1.51. The molecule has 0 aromatic carbocycles. The van der Waals surface area contributed by atoms with Crippen molar-refractivity contribution in [3.63, 3.8) is 0 Å². The van der Waals surface area contributed by atoms with Crippen LogP contribution < -0.4 is 10.6 Å². The lowest BCUT2D eigenvalue weighted by atomic mass is 9.94. The van der Waals surface area contributed by atoms with E-state index in [4.69, 9.17) is 5.73 Å². The van der Waals surface area contributed by atoms with E-state index in [-0.39, 0.29) is 0 Å². The number of nitrogens with two attached hydrogens (primary N) is 1. The molecule has 2 N–H and O–H groups in total. The molecule has 2 saturated heterocycles. The van der Waals surface area contributed by atoms with Gasteiger partial charge in [-0.2, -0.15) is 0 Å². The SMILES string of the molecule is C[C@H]1CCCCN1C[C@H]1CCCN(c2ncnc3nc(N)ccc23)C1. The van der Waals surface area contributed by atoms with Gasteiger partial charge < -0.3 is 15.5 Å². The number of rotatable bonds is 3. The van der Waals surface area contributed by atoms with Crippen LogP contribution in [0.3, 0.4) is 0 Å². The minimum Gasteiger partial charge on any atom is -0.384 e. The van der Waals surface area contributed by atoms with Gasteiger partial charge in [-0.1, -0.05) is 6.42 Å². The Morgan fingerprint density at radius 3 is 2.92 bits per heavy atom. The molecule has 0 amide bonds. The van der Waals surface area contributed by atoms with Crippen LogP contribution in [0.2, 0.25) is 0 Å². The summed E-state index contributed by atoms with van der Waals surface area (Å²) in [7, 11) is 0. The van der Waals surface area contributed by atoms with Gasteiger partial charge in [-0.05, 0) is 57.2 Å². The monoisotopic (exact) mass is 340 g/mol. The van der Waals surface area contributed by atoms with Crippen molar-refractivity contribution in [2.24, 2.45) is 5.92 Å². The molecule has 2 aliphatic heterocycles. The van der Waals surface area contributed by atoms with Crippen molar-refractivity contribution in [3.8, 4) is 0 Å². The molecule has 0 aliphatic carbocycles. The lowest BCUT2D eigenvalue weighted by Gasteiger charge is -2.40. The molecule has 6 heteroatoms. The van der Waals surface area contributed by atoms with E-state index in [1.165, 1.54) is 45.2 Å². The maximum absolute atomic E-state index is 5.80. The summed E-state index contributed by atoms with van der Waals surface area (Å²) in [6.07, 6.45) is 8.23. The first kappa shape index (κ1) is 16.5. The number of fused-ring (bicyclic) bond motifs is 1. The molecular weight excluding hydrogens is 312 g/mol. The lowest BCUT2D eigenvalue weighted by Crippen LogP contribution is -2.45. The predicted octanol–water partition coefficient (Wildman–Crippen LogP) is 2.70. The number of hydrogen-bond acceptors (Lipinski definition) is 6. The van der Waals surface area contributed by atoms with Crippen molar-refractivity contribution >= 4 is 22.7 Å². The summed E-state index contributed by atoms with van der Waals surface area (Å²) in [5, 5.41) is 1.00. The van der Waals surface area contributed by atoms with Crippen molar-refractivity contribution in [2.45, 2.75) is 45.1 Å². The Bertz CT molecular complexity index is 733. The summed E-state index contributed by atoms with van der Waals surface area (Å²) < 4.78 is 0. The van der Waals surface area contributed by atoms with Gasteiger partial charge in [0, 0.05) is 25.7 Å². The van der Waals surface area contributed by atoms with Crippen molar-refractivity contribution < 1.29 is 0 Å². The van der Waals surface area contributed by atoms with E-state index in [2.05, 4.69) is 31.7 Å². The molecule has 2 aromatic rings.